The molecule has 0 unspecified atom stereocenters. The number of methoxy groups -OCH3 is 2. The summed E-state index contributed by atoms with van der Waals surface area (Å²) >= 11 is 1.29. The van der Waals surface area contributed by atoms with Crippen molar-refractivity contribution in [3.63, 3.8) is 0 Å². The van der Waals surface area contributed by atoms with Gasteiger partial charge < -0.3 is 14.2 Å². The van der Waals surface area contributed by atoms with E-state index in [1.165, 1.54) is 11.3 Å². The monoisotopic (exact) mass is 410 g/mol. The van der Waals surface area contributed by atoms with Crippen molar-refractivity contribution >= 4 is 28.3 Å². The van der Waals surface area contributed by atoms with Gasteiger partial charge in [0.1, 0.15) is 0 Å². The van der Waals surface area contributed by atoms with Crippen LogP contribution in [0.4, 0.5) is 5.13 Å². The molecule has 0 aliphatic carbocycles. The third-order valence-corrected chi connectivity index (χ3v) is 5.36. The third kappa shape index (κ3) is 3.79. The van der Waals surface area contributed by atoms with Crippen molar-refractivity contribution in [2.45, 2.75) is 12.5 Å². The second-order valence-electron chi connectivity index (χ2n) is 6.35. The lowest BCUT2D eigenvalue weighted by molar-refractivity contribution is -0.125. The number of ether oxygens (including phenoxy) is 3. The molecule has 1 aromatic heterocycles. The number of hydrogen-bond donors (Lipinski definition) is 1. The van der Waals surface area contributed by atoms with Crippen LogP contribution in [0.25, 0.3) is 11.3 Å². The van der Waals surface area contributed by atoms with Crippen molar-refractivity contribution in [1.82, 2.24) is 4.98 Å². The number of esters is 1. The Balaban J connectivity index is 1.48. The molecule has 0 spiro atoms. The number of nitrogens with zero attached hydrogens (tertiary/aromatic N) is 1. The normalized spacial score (nSPS) is 15.2. The number of carbonyl (C=O) groups excluding carboxylic acids is 2. The molecule has 0 saturated heterocycles. The quantitative estimate of drug-likeness (QED) is 0.648. The SMILES string of the molecule is COc1ccc(-c2csc(NC(=O)[C@@H]3Cc4ccccc4C(=O)O3)n2)cc1OC. The van der Waals surface area contributed by atoms with E-state index in [2.05, 4.69) is 10.3 Å². The van der Waals surface area contributed by atoms with E-state index in [1.54, 1.807) is 32.4 Å². The summed E-state index contributed by atoms with van der Waals surface area (Å²) in [7, 11) is 3.14. The first-order valence-corrected chi connectivity index (χ1v) is 9.74. The zero-order valence-corrected chi connectivity index (χ0v) is 16.6. The summed E-state index contributed by atoms with van der Waals surface area (Å²) in [5.41, 5.74) is 2.82. The Morgan fingerprint density at radius 3 is 2.76 bits per heavy atom. The van der Waals surface area contributed by atoms with Crippen LogP contribution >= 0.6 is 11.3 Å². The van der Waals surface area contributed by atoms with Crippen LogP contribution in [-0.2, 0) is 16.0 Å². The molecule has 0 fully saturated rings. The van der Waals surface area contributed by atoms with Gasteiger partial charge in [0.25, 0.3) is 5.91 Å². The number of hydrogen-bond acceptors (Lipinski definition) is 7. The summed E-state index contributed by atoms with van der Waals surface area (Å²) in [5.74, 6) is 0.328. The fraction of sp³-hybridized carbons (Fsp3) is 0.190. The minimum atomic E-state index is -0.883. The van der Waals surface area contributed by atoms with Gasteiger partial charge in [-0.3, -0.25) is 10.1 Å². The Hall–Kier alpha value is -3.39. The first kappa shape index (κ1) is 18.9. The van der Waals surface area contributed by atoms with Gasteiger partial charge in [0.15, 0.2) is 22.7 Å². The highest BCUT2D eigenvalue weighted by atomic mass is 32.1. The minimum absolute atomic E-state index is 0.335. The maximum absolute atomic E-state index is 12.6. The molecule has 7 nitrogen and oxygen atoms in total. The lowest BCUT2D eigenvalue weighted by atomic mass is 9.98. The zero-order chi connectivity index (χ0) is 20.4. The molecule has 29 heavy (non-hydrogen) atoms. The van der Waals surface area contributed by atoms with Gasteiger partial charge in [-0.05, 0) is 29.8 Å². The largest absolute Gasteiger partial charge is 0.493 e. The van der Waals surface area contributed by atoms with E-state index in [-0.39, 0.29) is 0 Å². The summed E-state index contributed by atoms with van der Waals surface area (Å²) in [4.78, 5) is 29.2. The van der Waals surface area contributed by atoms with Crippen molar-refractivity contribution in [3.05, 3.63) is 59.0 Å². The maximum Gasteiger partial charge on any atom is 0.339 e. The van der Waals surface area contributed by atoms with E-state index in [0.717, 1.165) is 11.1 Å². The predicted octanol–water partition coefficient (Wildman–Crippen LogP) is 3.55. The number of rotatable bonds is 5. The topological polar surface area (TPSA) is 86.8 Å². The van der Waals surface area contributed by atoms with Gasteiger partial charge in [-0.2, -0.15) is 0 Å². The third-order valence-electron chi connectivity index (χ3n) is 4.60. The van der Waals surface area contributed by atoms with Crippen LogP contribution in [0.3, 0.4) is 0 Å². The fourth-order valence-electron chi connectivity index (χ4n) is 3.12. The van der Waals surface area contributed by atoms with Crippen LogP contribution in [0.5, 0.6) is 11.5 Å². The molecule has 0 saturated carbocycles. The van der Waals surface area contributed by atoms with Crippen LogP contribution in [0.2, 0.25) is 0 Å². The smallest absolute Gasteiger partial charge is 0.339 e. The molecule has 1 aliphatic heterocycles. The van der Waals surface area contributed by atoms with E-state index >= 15 is 0 Å². The number of nitrogens with one attached hydrogen (secondary N) is 1. The molecular weight excluding hydrogens is 392 g/mol. The molecule has 1 atom stereocenters. The zero-order valence-electron chi connectivity index (χ0n) is 15.8. The number of anilines is 1. The Morgan fingerprint density at radius 1 is 1.17 bits per heavy atom. The summed E-state index contributed by atoms with van der Waals surface area (Å²) < 4.78 is 15.9. The summed E-state index contributed by atoms with van der Waals surface area (Å²) in [6.45, 7) is 0. The van der Waals surface area contributed by atoms with Crippen molar-refractivity contribution in [1.29, 1.82) is 0 Å². The summed E-state index contributed by atoms with van der Waals surface area (Å²) in [6.07, 6.45) is -0.549. The van der Waals surface area contributed by atoms with Crippen LogP contribution in [0, 0.1) is 0 Å². The molecule has 1 amide bonds. The molecule has 1 aliphatic rings. The second kappa shape index (κ2) is 7.92. The Morgan fingerprint density at radius 2 is 1.97 bits per heavy atom. The molecule has 0 radical (unpaired) electrons. The van der Waals surface area contributed by atoms with Crippen molar-refractivity contribution in [2.75, 3.05) is 19.5 Å². The van der Waals surface area contributed by atoms with E-state index in [1.807, 2.05) is 29.6 Å². The Bertz CT molecular complexity index is 1080. The molecule has 0 bridgehead atoms. The molecule has 2 aromatic carbocycles. The standard InChI is InChI=1S/C21H18N2O5S/c1-26-16-8-7-13(10-17(16)27-2)15-11-29-21(22-15)23-19(24)18-9-12-5-3-4-6-14(12)20(25)28-18/h3-8,10-11,18H,9H2,1-2H3,(H,22,23,24)/t18-/m0/s1. The first-order chi connectivity index (χ1) is 14.1. The highest BCUT2D eigenvalue weighted by molar-refractivity contribution is 7.14. The van der Waals surface area contributed by atoms with E-state index in [4.69, 9.17) is 14.2 Å². The highest BCUT2D eigenvalue weighted by Gasteiger charge is 2.31. The minimum Gasteiger partial charge on any atom is -0.493 e. The number of amides is 1. The van der Waals surface area contributed by atoms with E-state index in [0.29, 0.717) is 34.3 Å². The van der Waals surface area contributed by atoms with E-state index in [9.17, 15) is 9.59 Å². The molecule has 4 rings (SSSR count). The Kier molecular flexibility index (Phi) is 5.18. The summed E-state index contributed by atoms with van der Waals surface area (Å²) in [5, 5.41) is 5.00. The average molecular weight is 410 g/mol. The number of thiazole rings is 1. The molecule has 3 aromatic rings. The van der Waals surface area contributed by atoms with Crippen molar-refractivity contribution in [2.24, 2.45) is 0 Å². The van der Waals surface area contributed by atoms with Gasteiger partial charge in [-0.15, -0.1) is 11.3 Å². The second-order valence-corrected chi connectivity index (χ2v) is 7.21. The van der Waals surface area contributed by atoms with Gasteiger partial charge in [-0.25, -0.2) is 9.78 Å². The van der Waals surface area contributed by atoms with Crippen LogP contribution in [0.15, 0.2) is 47.8 Å². The van der Waals surface area contributed by atoms with E-state index < -0.39 is 18.0 Å². The highest BCUT2D eigenvalue weighted by Crippen LogP contribution is 2.33. The Labute approximate surface area is 171 Å². The van der Waals surface area contributed by atoms with Gasteiger partial charge in [0, 0.05) is 17.4 Å². The molecule has 1 N–H and O–H groups in total. The number of fused-ring (bicyclic) bond motifs is 1. The predicted molar refractivity (Wildman–Crippen MR) is 109 cm³/mol. The van der Waals surface area contributed by atoms with Gasteiger partial charge in [0.05, 0.1) is 25.5 Å². The molecule has 8 heteroatoms. The maximum atomic E-state index is 12.6. The molecular formula is C21H18N2O5S. The lowest BCUT2D eigenvalue weighted by Crippen LogP contribution is -2.37. The number of carbonyl (C=O) groups is 2. The number of benzene rings is 2. The van der Waals surface area contributed by atoms with Crippen molar-refractivity contribution in [3.8, 4) is 22.8 Å². The number of cyclic esters (lactones) is 1. The van der Waals surface area contributed by atoms with Crippen LogP contribution in [0.1, 0.15) is 15.9 Å². The van der Waals surface area contributed by atoms with Crippen LogP contribution < -0.4 is 14.8 Å². The average Bonchev–Trinajstić information content (AvgIpc) is 3.21. The van der Waals surface area contributed by atoms with Gasteiger partial charge >= 0.3 is 5.97 Å². The molecule has 148 valence electrons. The molecule has 2 heterocycles. The summed E-state index contributed by atoms with van der Waals surface area (Å²) in [6, 6.07) is 12.6. The fourth-order valence-corrected chi connectivity index (χ4v) is 3.85. The first-order valence-electron chi connectivity index (χ1n) is 8.86. The number of aromatic nitrogens is 1. The van der Waals surface area contributed by atoms with Crippen molar-refractivity contribution < 1.29 is 23.8 Å². The van der Waals surface area contributed by atoms with Gasteiger partial charge in [-0.1, -0.05) is 18.2 Å². The van der Waals surface area contributed by atoms with Crippen LogP contribution in [-0.4, -0.2) is 37.2 Å². The van der Waals surface area contributed by atoms with Gasteiger partial charge in [0.2, 0.25) is 0 Å². The lowest BCUT2D eigenvalue weighted by Gasteiger charge is -2.23.